The van der Waals surface area contributed by atoms with Crippen LogP contribution in [0.4, 0.5) is 5.69 Å². The van der Waals surface area contributed by atoms with E-state index in [0.717, 1.165) is 37.9 Å². The predicted molar refractivity (Wildman–Crippen MR) is 98.8 cm³/mol. The van der Waals surface area contributed by atoms with Crippen molar-refractivity contribution in [2.24, 2.45) is 0 Å². The Kier molecular flexibility index (Phi) is 4.15. The third-order valence-corrected chi connectivity index (χ3v) is 5.10. The van der Waals surface area contributed by atoms with Gasteiger partial charge in [0, 0.05) is 37.4 Å². The molecule has 0 amide bonds. The average molecular weight is 341 g/mol. The van der Waals surface area contributed by atoms with Gasteiger partial charge in [0.25, 0.3) is 0 Å². The summed E-state index contributed by atoms with van der Waals surface area (Å²) in [5.74, 6) is 1.20. The lowest BCUT2D eigenvalue weighted by Gasteiger charge is -2.35. The number of hydrogen-bond acceptors (Lipinski definition) is 3. The summed E-state index contributed by atoms with van der Waals surface area (Å²) in [5, 5.41) is 0.559. The van der Waals surface area contributed by atoms with Gasteiger partial charge in [0.15, 0.2) is 0 Å². The summed E-state index contributed by atoms with van der Waals surface area (Å²) >= 11 is 6.03. The van der Waals surface area contributed by atoms with Crippen LogP contribution in [0.2, 0.25) is 5.15 Å². The number of piperidine rings is 1. The number of pyridine rings is 1. The highest BCUT2D eigenvalue weighted by Crippen LogP contribution is 2.31. The largest absolute Gasteiger partial charge is 0.371 e. The topological polar surface area (TPSA) is 34.0 Å². The molecule has 0 atom stereocenters. The molecule has 1 aliphatic rings. The predicted octanol–water partition coefficient (Wildman–Crippen LogP) is 4.49. The van der Waals surface area contributed by atoms with Gasteiger partial charge in [-0.3, -0.25) is 0 Å². The summed E-state index contributed by atoms with van der Waals surface area (Å²) in [6.07, 6.45) is 4.98. The maximum absolute atomic E-state index is 6.03. The van der Waals surface area contributed by atoms with Gasteiger partial charge in [0.05, 0.1) is 11.0 Å². The van der Waals surface area contributed by atoms with Gasteiger partial charge in [-0.25, -0.2) is 9.97 Å². The molecule has 3 heterocycles. The number of para-hydroxylation sites is 2. The first kappa shape index (κ1) is 15.5. The van der Waals surface area contributed by atoms with Crippen LogP contribution in [-0.2, 0) is 6.42 Å². The van der Waals surface area contributed by atoms with E-state index in [1.54, 1.807) is 6.20 Å². The second-order valence-corrected chi connectivity index (χ2v) is 6.68. The Bertz CT molecular complexity index is 849. The Hall–Kier alpha value is -2.07. The smallest absolute Gasteiger partial charge is 0.131 e. The van der Waals surface area contributed by atoms with E-state index in [2.05, 4.69) is 45.6 Å². The number of benzene rings is 1. The molecular weight excluding hydrogens is 320 g/mol. The number of fused-ring (bicyclic) bond motifs is 1. The average Bonchev–Trinajstić information content (AvgIpc) is 3.00. The van der Waals surface area contributed by atoms with Crippen molar-refractivity contribution in [3.8, 4) is 0 Å². The van der Waals surface area contributed by atoms with E-state index in [4.69, 9.17) is 16.6 Å². The van der Waals surface area contributed by atoms with Gasteiger partial charge in [-0.1, -0.05) is 30.7 Å². The van der Waals surface area contributed by atoms with Gasteiger partial charge in [-0.05, 0) is 37.1 Å². The Labute approximate surface area is 147 Å². The van der Waals surface area contributed by atoms with Crippen LogP contribution in [0.15, 0.2) is 42.6 Å². The lowest BCUT2D eigenvalue weighted by Crippen LogP contribution is -2.35. The van der Waals surface area contributed by atoms with Crippen molar-refractivity contribution in [1.82, 2.24) is 14.5 Å². The number of imidazole rings is 1. The van der Waals surface area contributed by atoms with Gasteiger partial charge >= 0.3 is 0 Å². The molecule has 2 aromatic heterocycles. The van der Waals surface area contributed by atoms with Crippen LogP contribution in [0.3, 0.4) is 0 Å². The Morgan fingerprint density at radius 3 is 2.71 bits per heavy atom. The standard InChI is InChI=1S/C19H21ClN4/c1-2-19-22-16-5-3-4-6-17(16)24(19)14-8-11-23(12-9-14)15-7-10-21-18(20)13-15/h3-7,10,13-14H,2,8-9,11-12H2,1H3. The minimum Gasteiger partial charge on any atom is -0.371 e. The molecule has 0 saturated carbocycles. The number of halogens is 1. The third-order valence-electron chi connectivity index (χ3n) is 4.89. The first-order valence-electron chi connectivity index (χ1n) is 8.58. The summed E-state index contributed by atoms with van der Waals surface area (Å²) < 4.78 is 2.46. The molecule has 0 aliphatic carbocycles. The fraction of sp³-hybridized carbons (Fsp3) is 0.368. The fourth-order valence-electron chi connectivity index (χ4n) is 3.72. The van der Waals surface area contributed by atoms with E-state index in [9.17, 15) is 0 Å². The van der Waals surface area contributed by atoms with Crippen molar-refractivity contribution in [2.75, 3.05) is 18.0 Å². The zero-order valence-electron chi connectivity index (χ0n) is 13.8. The molecule has 1 fully saturated rings. The van der Waals surface area contributed by atoms with Crippen LogP contribution in [0, 0.1) is 0 Å². The summed E-state index contributed by atoms with van der Waals surface area (Å²) in [7, 11) is 0. The summed E-state index contributed by atoms with van der Waals surface area (Å²) in [4.78, 5) is 11.3. The monoisotopic (exact) mass is 340 g/mol. The first-order chi connectivity index (χ1) is 11.8. The number of hydrogen-bond donors (Lipinski definition) is 0. The molecule has 0 unspecified atom stereocenters. The Balaban J connectivity index is 1.58. The molecule has 3 aromatic rings. The zero-order chi connectivity index (χ0) is 16.5. The summed E-state index contributed by atoms with van der Waals surface area (Å²) in [5.41, 5.74) is 3.54. The minimum absolute atomic E-state index is 0.515. The maximum Gasteiger partial charge on any atom is 0.131 e. The molecule has 0 radical (unpaired) electrons. The maximum atomic E-state index is 6.03. The SMILES string of the molecule is CCc1nc2ccccc2n1C1CCN(c2ccnc(Cl)c2)CC1. The second kappa shape index (κ2) is 6.44. The van der Waals surface area contributed by atoms with Crippen LogP contribution in [-0.4, -0.2) is 27.6 Å². The highest BCUT2D eigenvalue weighted by molar-refractivity contribution is 6.29. The third kappa shape index (κ3) is 2.75. The molecule has 24 heavy (non-hydrogen) atoms. The second-order valence-electron chi connectivity index (χ2n) is 6.30. The summed E-state index contributed by atoms with van der Waals surface area (Å²) in [6.45, 7) is 4.24. The quantitative estimate of drug-likeness (QED) is 0.659. The molecule has 1 aromatic carbocycles. The lowest BCUT2D eigenvalue weighted by molar-refractivity contribution is 0.395. The van der Waals surface area contributed by atoms with Crippen molar-refractivity contribution >= 4 is 28.3 Å². The molecule has 4 nitrogen and oxygen atoms in total. The van der Waals surface area contributed by atoms with Crippen LogP contribution >= 0.6 is 11.6 Å². The van der Waals surface area contributed by atoms with E-state index >= 15 is 0 Å². The zero-order valence-corrected chi connectivity index (χ0v) is 14.6. The van der Waals surface area contributed by atoms with Crippen molar-refractivity contribution < 1.29 is 0 Å². The van der Waals surface area contributed by atoms with Gasteiger partial charge in [-0.15, -0.1) is 0 Å². The van der Waals surface area contributed by atoms with Crippen LogP contribution < -0.4 is 4.90 Å². The highest BCUT2D eigenvalue weighted by Gasteiger charge is 2.24. The van der Waals surface area contributed by atoms with Gasteiger partial charge in [0.1, 0.15) is 11.0 Å². The normalized spacial score (nSPS) is 16.0. The first-order valence-corrected chi connectivity index (χ1v) is 8.96. The van der Waals surface area contributed by atoms with E-state index in [-0.39, 0.29) is 0 Å². The molecule has 0 bridgehead atoms. The molecule has 1 aliphatic heterocycles. The fourth-order valence-corrected chi connectivity index (χ4v) is 3.89. The lowest BCUT2D eigenvalue weighted by atomic mass is 10.0. The Morgan fingerprint density at radius 2 is 1.96 bits per heavy atom. The van der Waals surface area contributed by atoms with Crippen molar-refractivity contribution in [3.05, 3.63) is 53.6 Å². The highest BCUT2D eigenvalue weighted by atomic mass is 35.5. The molecule has 1 saturated heterocycles. The number of nitrogens with zero attached hydrogens (tertiary/aromatic N) is 4. The van der Waals surface area contributed by atoms with Gasteiger partial charge < -0.3 is 9.47 Å². The number of anilines is 1. The van der Waals surface area contributed by atoms with E-state index in [1.165, 1.54) is 17.0 Å². The molecule has 4 rings (SSSR count). The van der Waals surface area contributed by atoms with Gasteiger partial charge in [0.2, 0.25) is 0 Å². The van der Waals surface area contributed by atoms with E-state index < -0.39 is 0 Å². The van der Waals surface area contributed by atoms with E-state index in [1.807, 2.05) is 12.1 Å². The Morgan fingerprint density at radius 1 is 1.17 bits per heavy atom. The summed E-state index contributed by atoms with van der Waals surface area (Å²) in [6, 6.07) is 13.0. The molecule has 0 N–H and O–H groups in total. The van der Waals surface area contributed by atoms with Crippen molar-refractivity contribution in [1.29, 1.82) is 0 Å². The van der Waals surface area contributed by atoms with Crippen LogP contribution in [0.25, 0.3) is 11.0 Å². The van der Waals surface area contributed by atoms with Crippen molar-refractivity contribution in [2.45, 2.75) is 32.2 Å². The van der Waals surface area contributed by atoms with Gasteiger partial charge in [-0.2, -0.15) is 0 Å². The van der Waals surface area contributed by atoms with Crippen LogP contribution in [0.1, 0.15) is 31.6 Å². The molecule has 5 heteroatoms. The molecular formula is C19H21ClN4. The molecule has 0 spiro atoms. The number of aromatic nitrogens is 3. The number of aryl methyl sites for hydroxylation is 1. The molecule has 124 valence electrons. The van der Waals surface area contributed by atoms with E-state index in [0.29, 0.717) is 11.2 Å². The van der Waals surface area contributed by atoms with Crippen LogP contribution in [0.5, 0.6) is 0 Å². The number of rotatable bonds is 3. The van der Waals surface area contributed by atoms with Crippen molar-refractivity contribution in [3.63, 3.8) is 0 Å². The minimum atomic E-state index is 0.515.